The van der Waals surface area contributed by atoms with Gasteiger partial charge in [0, 0.05) is 36.8 Å². The maximum Gasteiger partial charge on any atom is 0.390 e. The SMILES string of the molecule is CC1=C(c2ccc(O)cc2)[C@@H](c2ccc(OC3CN(CCC(F)(F)F)C3)cc2)Oc2cc(O)ccc21. The van der Waals surface area contributed by atoms with Crippen LogP contribution in [0.1, 0.15) is 36.1 Å². The molecule has 0 amide bonds. The molecule has 0 unspecified atom stereocenters. The Labute approximate surface area is 207 Å². The van der Waals surface area contributed by atoms with Crippen molar-refractivity contribution in [1.29, 1.82) is 0 Å². The molecular weight excluding hydrogens is 471 g/mol. The van der Waals surface area contributed by atoms with Crippen molar-refractivity contribution < 1.29 is 32.9 Å². The van der Waals surface area contributed by atoms with Gasteiger partial charge in [0.25, 0.3) is 0 Å². The molecular formula is C28H26F3NO4. The van der Waals surface area contributed by atoms with Crippen molar-refractivity contribution in [2.45, 2.75) is 31.7 Å². The highest BCUT2D eigenvalue weighted by Gasteiger charge is 2.34. The lowest BCUT2D eigenvalue weighted by Crippen LogP contribution is -2.54. The number of nitrogens with zero attached hydrogens (tertiary/aromatic N) is 1. The number of rotatable bonds is 6. The van der Waals surface area contributed by atoms with Crippen LogP contribution in [0.25, 0.3) is 11.1 Å². The van der Waals surface area contributed by atoms with Gasteiger partial charge >= 0.3 is 6.18 Å². The highest BCUT2D eigenvalue weighted by Crippen LogP contribution is 2.47. The van der Waals surface area contributed by atoms with Crippen molar-refractivity contribution in [3.63, 3.8) is 0 Å². The molecule has 1 atom stereocenters. The summed E-state index contributed by atoms with van der Waals surface area (Å²) in [4.78, 5) is 1.73. The van der Waals surface area contributed by atoms with Gasteiger partial charge in [-0.1, -0.05) is 24.3 Å². The molecule has 2 heterocycles. The molecule has 2 N–H and O–H groups in total. The van der Waals surface area contributed by atoms with E-state index in [1.54, 1.807) is 29.2 Å². The molecule has 2 aliphatic rings. The van der Waals surface area contributed by atoms with E-state index < -0.39 is 18.7 Å². The first-order valence-corrected chi connectivity index (χ1v) is 11.7. The van der Waals surface area contributed by atoms with Gasteiger partial charge in [0.1, 0.15) is 35.2 Å². The molecule has 188 valence electrons. The number of halogens is 3. The lowest BCUT2D eigenvalue weighted by atomic mass is 9.86. The van der Waals surface area contributed by atoms with Crippen LogP contribution in [0.4, 0.5) is 13.2 Å². The van der Waals surface area contributed by atoms with Gasteiger partial charge in [0.15, 0.2) is 0 Å². The molecule has 1 fully saturated rings. The number of fused-ring (bicyclic) bond motifs is 1. The van der Waals surface area contributed by atoms with Crippen LogP contribution in [0.15, 0.2) is 66.7 Å². The summed E-state index contributed by atoms with van der Waals surface area (Å²) in [6.07, 6.45) is -5.56. The molecule has 0 aliphatic carbocycles. The third-order valence-electron chi connectivity index (χ3n) is 6.58. The Kier molecular flexibility index (Phi) is 6.30. The number of phenols is 2. The van der Waals surface area contributed by atoms with E-state index in [-0.39, 0.29) is 24.1 Å². The maximum absolute atomic E-state index is 12.4. The molecule has 3 aromatic carbocycles. The van der Waals surface area contributed by atoms with Gasteiger partial charge in [-0.15, -0.1) is 0 Å². The number of likely N-dealkylation sites (tertiary alicyclic amines) is 1. The van der Waals surface area contributed by atoms with Crippen molar-refractivity contribution in [3.8, 4) is 23.0 Å². The van der Waals surface area contributed by atoms with E-state index in [0.29, 0.717) is 24.6 Å². The Morgan fingerprint density at radius 3 is 2.28 bits per heavy atom. The summed E-state index contributed by atoms with van der Waals surface area (Å²) in [5, 5.41) is 19.7. The smallest absolute Gasteiger partial charge is 0.390 e. The highest BCUT2D eigenvalue weighted by molar-refractivity contribution is 5.95. The van der Waals surface area contributed by atoms with Crippen molar-refractivity contribution in [3.05, 3.63) is 83.4 Å². The van der Waals surface area contributed by atoms with Gasteiger partial charge in [-0.05, 0) is 60.0 Å². The Balaban J connectivity index is 1.34. The number of hydrogen-bond acceptors (Lipinski definition) is 5. The van der Waals surface area contributed by atoms with E-state index in [2.05, 4.69) is 0 Å². The molecule has 0 radical (unpaired) electrons. The average Bonchev–Trinajstić information content (AvgIpc) is 2.81. The van der Waals surface area contributed by atoms with Crippen molar-refractivity contribution in [1.82, 2.24) is 4.90 Å². The molecule has 36 heavy (non-hydrogen) atoms. The minimum absolute atomic E-state index is 0.00985. The van der Waals surface area contributed by atoms with Crippen LogP contribution in [0, 0.1) is 0 Å². The van der Waals surface area contributed by atoms with E-state index in [0.717, 1.165) is 27.8 Å². The summed E-state index contributed by atoms with van der Waals surface area (Å²) >= 11 is 0. The summed E-state index contributed by atoms with van der Waals surface area (Å²) in [5.74, 6) is 1.50. The molecule has 0 saturated carbocycles. The van der Waals surface area contributed by atoms with Gasteiger partial charge in [-0.25, -0.2) is 0 Å². The number of phenolic OH excluding ortho intramolecular Hbond substituents is 2. The van der Waals surface area contributed by atoms with Crippen LogP contribution in [0.5, 0.6) is 23.0 Å². The first-order chi connectivity index (χ1) is 17.2. The Morgan fingerprint density at radius 2 is 1.61 bits per heavy atom. The minimum atomic E-state index is -4.14. The quantitative estimate of drug-likeness (QED) is 0.426. The van der Waals surface area contributed by atoms with Gasteiger partial charge in [-0.2, -0.15) is 13.2 Å². The molecule has 3 aromatic rings. The zero-order valence-electron chi connectivity index (χ0n) is 19.6. The number of alkyl halides is 3. The van der Waals surface area contributed by atoms with Crippen molar-refractivity contribution >= 4 is 11.1 Å². The molecule has 0 bridgehead atoms. The van der Waals surface area contributed by atoms with E-state index in [1.165, 1.54) is 0 Å². The average molecular weight is 498 g/mol. The van der Waals surface area contributed by atoms with Crippen molar-refractivity contribution in [2.24, 2.45) is 0 Å². The fraction of sp³-hybridized carbons (Fsp3) is 0.286. The number of aromatic hydroxyl groups is 2. The van der Waals surface area contributed by atoms with E-state index in [9.17, 15) is 23.4 Å². The second-order valence-corrected chi connectivity index (χ2v) is 9.20. The Hall–Kier alpha value is -3.65. The summed E-state index contributed by atoms with van der Waals surface area (Å²) in [7, 11) is 0. The van der Waals surface area contributed by atoms with Crippen molar-refractivity contribution in [2.75, 3.05) is 19.6 Å². The van der Waals surface area contributed by atoms with Crippen LogP contribution in [0.3, 0.4) is 0 Å². The monoisotopic (exact) mass is 497 g/mol. The molecule has 0 aromatic heterocycles. The third-order valence-corrected chi connectivity index (χ3v) is 6.58. The summed E-state index contributed by atoms with van der Waals surface area (Å²) in [6, 6.07) is 19.5. The zero-order chi connectivity index (χ0) is 25.4. The predicted octanol–water partition coefficient (Wildman–Crippen LogP) is 6.18. The second kappa shape index (κ2) is 9.43. The summed E-state index contributed by atoms with van der Waals surface area (Å²) in [6.45, 7) is 2.93. The fourth-order valence-electron chi connectivity index (χ4n) is 4.67. The standard InChI is InChI=1S/C28H26F3NO4/c1-17-24-11-8-21(34)14-25(24)36-27(26(17)18-2-6-20(33)7-3-18)19-4-9-22(10-5-19)35-23-15-32(16-23)13-12-28(29,30)31/h2-11,14,23,27,33-34H,12-13,15-16H2,1H3/t27-/m1/s1. The minimum Gasteiger partial charge on any atom is -0.508 e. The van der Waals surface area contributed by atoms with Crippen LogP contribution in [0.2, 0.25) is 0 Å². The van der Waals surface area contributed by atoms with Gasteiger partial charge in [0.05, 0.1) is 6.42 Å². The Bertz CT molecular complexity index is 1260. The second-order valence-electron chi connectivity index (χ2n) is 9.20. The van der Waals surface area contributed by atoms with E-state index in [4.69, 9.17) is 9.47 Å². The van der Waals surface area contributed by atoms with Gasteiger partial charge < -0.3 is 19.7 Å². The van der Waals surface area contributed by atoms with E-state index in [1.807, 2.05) is 49.4 Å². The molecule has 1 saturated heterocycles. The largest absolute Gasteiger partial charge is 0.508 e. The molecule has 5 nitrogen and oxygen atoms in total. The number of hydrogen-bond donors (Lipinski definition) is 2. The topological polar surface area (TPSA) is 62.2 Å². The number of ether oxygens (including phenoxy) is 2. The first-order valence-electron chi connectivity index (χ1n) is 11.7. The molecule has 0 spiro atoms. The number of allylic oxidation sites excluding steroid dienone is 1. The third kappa shape index (κ3) is 5.14. The fourth-order valence-corrected chi connectivity index (χ4v) is 4.67. The van der Waals surface area contributed by atoms with Gasteiger partial charge in [-0.3, -0.25) is 4.90 Å². The highest BCUT2D eigenvalue weighted by atomic mass is 19.4. The Morgan fingerprint density at radius 1 is 0.944 bits per heavy atom. The van der Waals surface area contributed by atoms with Crippen LogP contribution >= 0.6 is 0 Å². The lowest BCUT2D eigenvalue weighted by molar-refractivity contribution is -0.142. The molecule has 8 heteroatoms. The van der Waals surface area contributed by atoms with Crippen LogP contribution in [-0.2, 0) is 0 Å². The zero-order valence-corrected chi connectivity index (χ0v) is 19.6. The molecule has 2 aliphatic heterocycles. The van der Waals surface area contributed by atoms with Crippen LogP contribution < -0.4 is 9.47 Å². The van der Waals surface area contributed by atoms with Gasteiger partial charge in [0.2, 0.25) is 0 Å². The molecule has 5 rings (SSSR count). The maximum atomic E-state index is 12.4. The number of benzene rings is 3. The summed E-state index contributed by atoms with van der Waals surface area (Å²) < 4.78 is 49.5. The normalized spacial score (nSPS) is 18.4. The first kappa shape index (κ1) is 24.1. The summed E-state index contributed by atoms with van der Waals surface area (Å²) in [5.41, 5.74) is 4.61. The predicted molar refractivity (Wildman–Crippen MR) is 130 cm³/mol. The lowest BCUT2D eigenvalue weighted by Gasteiger charge is -2.39. The van der Waals surface area contributed by atoms with Crippen LogP contribution in [-0.4, -0.2) is 47.0 Å². The van der Waals surface area contributed by atoms with E-state index >= 15 is 0 Å².